The molecule has 0 unspecified atom stereocenters. The van der Waals surface area contributed by atoms with E-state index in [1.54, 1.807) is 0 Å². The second-order valence-electron chi connectivity index (χ2n) is 4.08. The molecule has 0 bridgehead atoms. The Bertz CT molecular complexity index is 521. The number of aromatic nitrogens is 2. The first-order chi connectivity index (χ1) is 8.74. The van der Waals surface area contributed by atoms with Gasteiger partial charge in [0.25, 0.3) is 0 Å². The first kappa shape index (κ1) is 13.1. The number of aryl methyl sites for hydroxylation is 1. The van der Waals surface area contributed by atoms with Crippen LogP contribution in [0.25, 0.3) is 11.3 Å². The van der Waals surface area contributed by atoms with Gasteiger partial charge in [-0.25, -0.2) is 0 Å². The van der Waals surface area contributed by atoms with Gasteiger partial charge in [-0.05, 0) is 19.0 Å². The van der Waals surface area contributed by atoms with Gasteiger partial charge in [-0.1, -0.05) is 34.1 Å². The molecule has 2 rings (SSSR count). The van der Waals surface area contributed by atoms with Crippen molar-refractivity contribution in [3.63, 3.8) is 0 Å². The number of nitrogens with zero attached hydrogens (tertiary/aromatic N) is 2. The molecule has 3 N–H and O–H groups in total. The molecule has 0 atom stereocenters. The van der Waals surface area contributed by atoms with Crippen molar-refractivity contribution in [2.45, 2.75) is 6.42 Å². The lowest BCUT2D eigenvalue weighted by Gasteiger charge is -2.10. The summed E-state index contributed by atoms with van der Waals surface area (Å²) in [6.07, 6.45) is 2.80. The van der Waals surface area contributed by atoms with E-state index >= 15 is 0 Å². The molecule has 0 aliphatic heterocycles. The molecule has 1 aromatic heterocycles. The summed E-state index contributed by atoms with van der Waals surface area (Å²) in [6.45, 7) is 1.55. The zero-order chi connectivity index (χ0) is 13.0. The number of rotatable bonds is 5. The first-order valence-corrected chi connectivity index (χ1v) is 6.74. The monoisotopic (exact) mass is 308 g/mol. The molecule has 1 aromatic carbocycles. The van der Waals surface area contributed by atoms with Gasteiger partial charge >= 0.3 is 0 Å². The Morgan fingerprint density at radius 1 is 1.39 bits per heavy atom. The standard InChI is InChI=1S/C13H17BrN4/c1-18-13(10-5-2-3-6-11(10)14)12(9-17-18)16-8-4-7-15/h2-3,5-6,9,16H,4,7-8,15H2,1H3. The summed E-state index contributed by atoms with van der Waals surface area (Å²) >= 11 is 3.58. The molecule has 0 amide bonds. The van der Waals surface area contributed by atoms with Crippen LogP contribution in [0.4, 0.5) is 5.69 Å². The summed E-state index contributed by atoms with van der Waals surface area (Å²) in [6, 6.07) is 8.14. The second kappa shape index (κ2) is 6.02. The van der Waals surface area contributed by atoms with Crippen molar-refractivity contribution in [3.8, 4) is 11.3 Å². The van der Waals surface area contributed by atoms with E-state index in [2.05, 4.69) is 32.4 Å². The maximum atomic E-state index is 5.50. The van der Waals surface area contributed by atoms with Crippen molar-refractivity contribution >= 4 is 21.6 Å². The van der Waals surface area contributed by atoms with Crippen LogP contribution in [0.5, 0.6) is 0 Å². The van der Waals surface area contributed by atoms with Crippen LogP contribution in [-0.4, -0.2) is 22.9 Å². The third-order valence-electron chi connectivity index (χ3n) is 2.76. The Balaban J connectivity index is 2.32. The maximum Gasteiger partial charge on any atom is 0.0922 e. The summed E-state index contributed by atoms with van der Waals surface area (Å²) in [5, 5.41) is 7.69. The number of anilines is 1. The second-order valence-corrected chi connectivity index (χ2v) is 4.93. The van der Waals surface area contributed by atoms with Crippen molar-refractivity contribution in [2.24, 2.45) is 12.8 Å². The smallest absolute Gasteiger partial charge is 0.0922 e. The molecule has 0 aliphatic rings. The lowest BCUT2D eigenvalue weighted by molar-refractivity contribution is 0.775. The minimum atomic E-state index is 0.692. The topological polar surface area (TPSA) is 55.9 Å². The van der Waals surface area contributed by atoms with E-state index in [1.165, 1.54) is 0 Å². The minimum absolute atomic E-state index is 0.692. The summed E-state index contributed by atoms with van der Waals surface area (Å²) < 4.78 is 2.95. The summed E-state index contributed by atoms with van der Waals surface area (Å²) in [5.74, 6) is 0. The average Bonchev–Trinajstić information content (AvgIpc) is 2.72. The third kappa shape index (κ3) is 2.73. The molecule has 2 aromatic rings. The molecule has 0 aliphatic carbocycles. The van der Waals surface area contributed by atoms with E-state index in [9.17, 15) is 0 Å². The van der Waals surface area contributed by atoms with Crippen molar-refractivity contribution in [3.05, 3.63) is 34.9 Å². The lowest BCUT2D eigenvalue weighted by atomic mass is 10.1. The van der Waals surface area contributed by atoms with Crippen molar-refractivity contribution in [1.29, 1.82) is 0 Å². The number of hydrogen-bond donors (Lipinski definition) is 2. The Morgan fingerprint density at radius 2 is 2.17 bits per heavy atom. The highest BCUT2D eigenvalue weighted by Gasteiger charge is 2.12. The molecular formula is C13H17BrN4. The van der Waals surface area contributed by atoms with Crippen LogP contribution >= 0.6 is 15.9 Å². The van der Waals surface area contributed by atoms with Crippen LogP contribution in [-0.2, 0) is 7.05 Å². The van der Waals surface area contributed by atoms with Gasteiger partial charge in [0.05, 0.1) is 17.6 Å². The Kier molecular flexibility index (Phi) is 4.38. The minimum Gasteiger partial charge on any atom is -0.382 e. The van der Waals surface area contributed by atoms with Gasteiger partial charge in [-0.2, -0.15) is 5.10 Å². The van der Waals surface area contributed by atoms with Gasteiger partial charge in [-0.3, -0.25) is 4.68 Å². The molecule has 0 spiro atoms. The molecule has 96 valence electrons. The van der Waals surface area contributed by atoms with Crippen LogP contribution in [0.15, 0.2) is 34.9 Å². The predicted octanol–water partition coefficient (Wildman–Crippen LogP) is 2.61. The van der Waals surface area contributed by atoms with E-state index < -0.39 is 0 Å². The molecule has 0 saturated heterocycles. The predicted molar refractivity (Wildman–Crippen MR) is 78.5 cm³/mol. The Morgan fingerprint density at radius 3 is 2.89 bits per heavy atom. The van der Waals surface area contributed by atoms with Gasteiger partial charge in [-0.15, -0.1) is 0 Å². The number of hydrogen-bond acceptors (Lipinski definition) is 3. The Hall–Kier alpha value is -1.33. The normalized spacial score (nSPS) is 10.6. The van der Waals surface area contributed by atoms with Crippen LogP contribution in [0.3, 0.4) is 0 Å². The molecule has 1 heterocycles. The van der Waals surface area contributed by atoms with E-state index in [0.29, 0.717) is 6.54 Å². The SMILES string of the molecule is Cn1ncc(NCCCN)c1-c1ccccc1Br. The van der Waals surface area contributed by atoms with Gasteiger partial charge in [0.15, 0.2) is 0 Å². The molecule has 0 radical (unpaired) electrons. The van der Waals surface area contributed by atoms with Gasteiger partial charge < -0.3 is 11.1 Å². The number of nitrogens with one attached hydrogen (secondary N) is 1. The van der Waals surface area contributed by atoms with Gasteiger partial charge in [0, 0.05) is 23.6 Å². The summed E-state index contributed by atoms with van der Waals surface area (Å²) in [7, 11) is 1.95. The van der Waals surface area contributed by atoms with Gasteiger partial charge in [0.2, 0.25) is 0 Å². The number of halogens is 1. The fourth-order valence-corrected chi connectivity index (χ4v) is 2.34. The fraction of sp³-hybridized carbons (Fsp3) is 0.308. The number of benzene rings is 1. The van der Waals surface area contributed by atoms with Crippen LogP contribution in [0.2, 0.25) is 0 Å². The van der Waals surface area contributed by atoms with Crippen molar-refractivity contribution < 1.29 is 0 Å². The summed E-state index contributed by atoms with van der Waals surface area (Å²) in [5.41, 5.74) is 8.76. The molecular weight excluding hydrogens is 292 g/mol. The quantitative estimate of drug-likeness (QED) is 0.835. The molecule has 18 heavy (non-hydrogen) atoms. The van der Waals surface area contributed by atoms with E-state index in [0.717, 1.165) is 34.4 Å². The first-order valence-electron chi connectivity index (χ1n) is 5.95. The lowest BCUT2D eigenvalue weighted by Crippen LogP contribution is -2.08. The van der Waals surface area contributed by atoms with Crippen molar-refractivity contribution in [2.75, 3.05) is 18.4 Å². The van der Waals surface area contributed by atoms with E-state index in [1.807, 2.05) is 36.1 Å². The zero-order valence-corrected chi connectivity index (χ0v) is 11.9. The summed E-state index contributed by atoms with van der Waals surface area (Å²) in [4.78, 5) is 0. The van der Waals surface area contributed by atoms with Crippen molar-refractivity contribution in [1.82, 2.24) is 9.78 Å². The number of nitrogens with two attached hydrogens (primary N) is 1. The Labute approximate surface area is 115 Å². The van der Waals surface area contributed by atoms with E-state index in [-0.39, 0.29) is 0 Å². The molecule has 0 fully saturated rings. The highest BCUT2D eigenvalue weighted by molar-refractivity contribution is 9.10. The molecule has 4 nitrogen and oxygen atoms in total. The maximum absolute atomic E-state index is 5.50. The highest BCUT2D eigenvalue weighted by Crippen LogP contribution is 2.32. The van der Waals surface area contributed by atoms with Gasteiger partial charge in [0.1, 0.15) is 0 Å². The average molecular weight is 309 g/mol. The largest absolute Gasteiger partial charge is 0.382 e. The van der Waals surface area contributed by atoms with Crippen LogP contribution in [0.1, 0.15) is 6.42 Å². The molecule has 0 saturated carbocycles. The van der Waals surface area contributed by atoms with Crippen LogP contribution in [0, 0.1) is 0 Å². The van der Waals surface area contributed by atoms with Crippen LogP contribution < -0.4 is 11.1 Å². The molecule has 5 heteroatoms. The third-order valence-corrected chi connectivity index (χ3v) is 3.46. The zero-order valence-electron chi connectivity index (χ0n) is 10.4. The van der Waals surface area contributed by atoms with E-state index in [4.69, 9.17) is 5.73 Å². The fourth-order valence-electron chi connectivity index (χ4n) is 1.86. The highest BCUT2D eigenvalue weighted by atomic mass is 79.9.